The van der Waals surface area contributed by atoms with E-state index in [0.717, 1.165) is 0 Å². The number of esters is 1. The van der Waals surface area contributed by atoms with Crippen LogP contribution in [-0.2, 0) is 0 Å². The predicted molar refractivity (Wildman–Crippen MR) is 76.0 cm³/mol. The molecule has 2 rings (SSSR count). The van der Waals surface area contributed by atoms with Crippen LogP contribution >= 0.6 is 11.6 Å². The van der Waals surface area contributed by atoms with Gasteiger partial charge in [-0.15, -0.1) is 0 Å². The van der Waals surface area contributed by atoms with Gasteiger partial charge in [-0.3, -0.25) is 0 Å². The lowest BCUT2D eigenvalue weighted by atomic mass is 10.2. The van der Waals surface area contributed by atoms with Gasteiger partial charge in [-0.2, -0.15) is 0 Å². The molecule has 0 aliphatic rings. The van der Waals surface area contributed by atoms with Gasteiger partial charge in [0.15, 0.2) is 11.5 Å². The van der Waals surface area contributed by atoms with Crippen LogP contribution in [0.15, 0.2) is 42.5 Å². The smallest absolute Gasteiger partial charge is 0.343 e. The fourth-order valence-corrected chi connectivity index (χ4v) is 1.76. The van der Waals surface area contributed by atoms with Crippen molar-refractivity contribution in [3.8, 4) is 17.2 Å². The minimum Gasteiger partial charge on any atom is -0.493 e. The normalized spacial score (nSPS) is 9.95. The van der Waals surface area contributed by atoms with Crippen molar-refractivity contribution in [2.75, 3.05) is 14.2 Å². The van der Waals surface area contributed by atoms with E-state index >= 15 is 0 Å². The van der Waals surface area contributed by atoms with E-state index in [1.54, 1.807) is 42.5 Å². The lowest BCUT2D eigenvalue weighted by Crippen LogP contribution is -2.08. The molecule has 0 saturated heterocycles. The molecule has 0 bridgehead atoms. The van der Waals surface area contributed by atoms with Crippen molar-refractivity contribution in [2.45, 2.75) is 0 Å². The number of hydrogen-bond donors (Lipinski definition) is 0. The van der Waals surface area contributed by atoms with Crippen molar-refractivity contribution in [1.82, 2.24) is 0 Å². The van der Waals surface area contributed by atoms with Crippen LogP contribution in [0.2, 0.25) is 5.02 Å². The molecule has 2 aromatic rings. The molecule has 0 heterocycles. The summed E-state index contributed by atoms with van der Waals surface area (Å²) < 4.78 is 15.5. The summed E-state index contributed by atoms with van der Waals surface area (Å²) in [6, 6.07) is 11.4. The molecule has 5 heteroatoms. The predicted octanol–water partition coefficient (Wildman–Crippen LogP) is 3.58. The number of methoxy groups -OCH3 is 2. The Balaban J connectivity index is 2.17. The molecule has 4 nitrogen and oxygen atoms in total. The second-order valence-corrected chi connectivity index (χ2v) is 4.35. The third-order valence-corrected chi connectivity index (χ3v) is 2.90. The van der Waals surface area contributed by atoms with E-state index in [1.165, 1.54) is 14.2 Å². The molecular formula is C15H13ClO4. The van der Waals surface area contributed by atoms with Crippen molar-refractivity contribution in [2.24, 2.45) is 0 Å². The number of hydrogen-bond acceptors (Lipinski definition) is 4. The molecular weight excluding hydrogens is 280 g/mol. The van der Waals surface area contributed by atoms with Crippen LogP contribution in [-0.4, -0.2) is 20.2 Å². The number of ether oxygens (including phenoxy) is 3. The molecule has 20 heavy (non-hydrogen) atoms. The van der Waals surface area contributed by atoms with Crippen LogP contribution in [0.3, 0.4) is 0 Å². The highest BCUT2D eigenvalue weighted by Crippen LogP contribution is 2.31. The first-order valence-corrected chi connectivity index (χ1v) is 6.21. The van der Waals surface area contributed by atoms with Gasteiger partial charge >= 0.3 is 5.97 Å². The van der Waals surface area contributed by atoms with Crippen LogP contribution < -0.4 is 14.2 Å². The molecule has 2 aromatic carbocycles. The number of benzene rings is 2. The molecule has 0 fully saturated rings. The molecule has 0 N–H and O–H groups in total. The highest BCUT2D eigenvalue weighted by atomic mass is 35.5. The third kappa shape index (κ3) is 3.22. The number of rotatable bonds is 4. The minimum atomic E-state index is -0.464. The molecule has 0 aliphatic heterocycles. The van der Waals surface area contributed by atoms with Crippen molar-refractivity contribution in [3.05, 3.63) is 53.1 Å². The van der Waals surface area contributed by atoms with Gasteiger partial charge in [0.25, 0.3) is 0 Å². The molecule has 0 atom stereocenters. The first kappa shape index (κ1) is 14.2. The Morgan fingerprint density at radius 1 is 0.950 bits per heavy atom. The SMILES string of the molecule is COc1ccc(OC(=O)c2ccc(Cl)cc2)cc1OC. The van der Waals surface area contributed by atoms with Crippen LogP contribution in [0.1, 0.15) is 10.4 Å². The first-order valence-electron chi connectivity index (χ1n) is 5.84. The van der Waals surface area contributed by atoms with Gasteiger partial charge in [0.1, 0.15) is 5.75 Å². The Kier molecular flexibility index (Phi) is 4.48. The van der Waals surface area contributed by atoms with E-state index in [1.807, 2.05) is 0 Å². The summed E-state index contributed by atoms with van der Waals surface area (Å²) in [5, 5.41) is 0.563. The summed E-state index contributed by atoms with van der Waals surface area (Å²) in [5.41, 5.74) is 0.421. The topological polar surface area (TPSA) is 44.8 Å². The fourth-order valence-electron chi connectivity index (χ4n) is 1.63. The van der Waals surface area contributed by atoms with Crippen molar-refractivity contribution >= 4 is 17.6 Å². The maximum absolute atomic E-state index is 11.9. The monoisotopic (exact) mass is 292 g/mol. The van der Waals surface area contributed by atoms with Crippen molar-refractivity contribution in [1.29, 1.82) is 0 Å². The molecule has 104 valence electrons. The largest absolute Gasteiger partial charge is 0.493 e. The van der Waals surface area contributed by atoms with Gasteiger partial charge < -0.3 is 14.2 Å². The van der Waals surface area contributed by atoms with E-state index in [2.05, 4.69) is 0 Å². The van der Waals surface area contributed by atoms with E-state index in [-0.39, 0.29) is 0 Å². The summed E-state index contributed by atoms with van der Waals surface area (Å²) in [7, 11) is 3.06. The standard InChI is InChI=1S/C15H13ClO4/c1-18-13-8-7-12(9-14(13)19-2)20-15(17)10-3-5-11(16)6-4-10/h3-9H,1-2H3. The van der Waals surface area contributed by atoms with Gasteiger partial charge in [0.2, 0.25) is 0 Å². The molecule has 0 aromatic heterocycles. The summed E-state index contributed by atoms with van der Waals surface area (Å²) in [5.74, 6) is 0.976. The number of halogens is 1. The van der Waals surface area contributed by atoms with E-state index in [4.69, 9.17) is 25.8 Å². The van der Waals surface area contributed by atoms with Crippen LogP contribution in [0.5, 0.6) is 17.2 Å². The second kappa shape index (κ2) is 6.30. The number of carbonyl (C=O) groups excluding carboxylic acids is 1. The summed E-state index contributed by atoms with van der Waals surface area (Å²) in [6.07, 6.45) is 0. The summed E-state index contributed by atoms with van der Waals surface area (Å²) in [4.78, 5) is 11.9. The first-order chi connectivity index (χ1) is 9.63. The average Bonchev–Trinajstić information content (AvgIpc) is 2.47. The maximum Gasteiger partial charge on any atom is 0.343 e. The Bertz CT molecular complexity index is 608. The van der Waals surface area contributed by atoms with Crippen molar-refractivity contribution in [3.63, 3.8) is 0 Å². The molecule has 0 unspecified atom stereocenters. The molecule has 0 aliphatic carbocycles. The fraction of sp³-hybridized carbons (Fsp3) is 0.133. The highest BCUT2D eigenvalue weighted by Gasteiger charge is 2.11. The zero-order chi connectivity index (χ0) is 14.5. The zero-order valence-electron chi connectivity index (χ0n) is 11.1. The summed E-state index contributed by atoms with van der Waals surface area (Å²) in [6.45, 7) is 0. The Morgan fingerprint density at radius 3 is 2.20 bits per heavy atom. The lowest BCUT2D eigenvalue weighted by Gasteiger charge is -2.09. The summed E-state index contributed by atoms with van der Waals surface area (Å²) >= 11 is 5.77. The zero-order valence-corrected chi connectivity index (χ0v) is 11.8. The Morgan fingerprint density at radius 2 is 1.60 bits per heavy atom. The average molecular weight is 293 g/mol. The highest BCUT2D eigenvalue weighted by molar-refractivity contribution is 6.30. The van der Waals surface area contributed by atoms with Gasteiger partial charge in [-0.25, -0.2) is 4.79 Å². The molecule has 0 amide bonds. The van der Waals surface area contributed by atoms with E-state index < -0.39 is 5.97 Å². The van der Waals surface area contributed by atoms with Gasteiger partial charge in [-0.1, -0.05) is 11.6 Å². The van der Waals surface area contributed by atoms with Gasteiger partial charge in [0.05, 0.1) is 19.8 Å². The van der Waals surface area contributed by atoms with Crippen LogP contribution in [0, 0.1) is 0 Å². The minimum absolute atomic E-state index is 0.377. The van der Waals surface area contributed by atoms with Gasteiger partial charge in [0, 0.05) is 11.1 Å². The maximum atomic E-state index is 11.9. The Hall–Kier alpha value is -2.20. The number of carbonyl (C=O) groups is 1. The Labute approximate surface area is 121 Å². The van der Waals surface area contributed by atoms with Crippen LogP contribution in [0.4, 0.5) is 0 Å². The van der Waals surface area contributed by atoms with Crippen molar-refractivity contribution < 1.29 is 19.0 Å². The van der Waals surface area contributed by atoms with Gasteiger partial charge in [-0.05, 0) is 36.4 Å². The molecule has 0 radical (unpaired) electrons. The van der Waals surface area contributed by atoms with E-state index in [9.17, 15) is 4.79 Å². The second-order valence-electron chi connectivity index (χ2n) is 3.91. The lowest BCUT2D eigenvalue weighted by molar-refractivity contribution is 0.0734. The quantitative estimate of drug-likeness (QED) is 0.638. The molecule has 0 spiro atoms. The third-order valence-electron chi connectivity index (χ3n) is 2.65. The van der Waals surface area contributed by atoms with E-state index in [0.29, 0.717) is 27.8 Å². The van der Waals surface area contributed by atoms with Crippen LogP contribution in [0.25, 0.3) is 0 Å². The molecule has 0 saturated carbocycles.